The van der Waals surface area contributed by atoms with Crippen LogP contribution in [0.5, 0.6) is 0 Å². The summed E-state index contributed by atoms with van der Waals surface area (Å²) in [4.78, 5) is 27.5. The molecule has 0 aliphatic carbocycles. The summed E-state index contributed by atoms with van der Waals surface area (Å²) in [6, 6.07) is -0.424. The first-order chi connectivity index (χ1) is 8.02. The highest BCUT2D eigenvalue weighted by Gasteiger charge is 2.19. The molecular formula is C10H16N4O3. The summed E-state index contributed by atoms with van der Waals surface area (Å²) in [6.07, 6.45) is 3.36. The predicted molar refractivity (Wildman–Crippen MR) is 59.2 cm³/mol. The Morgan fingerprint density at radius 1 is 1.53 bits per heavy atom. The highest BCUT2D eigenvalue weighted by atomic mass is 16.4. The molecule has 17 heavy (non-hydrogen) atoms. The third kappa shape index (κ3) is 3.86. The minimum Gasteiger partial charge on any atom is -0.481 e. The lowest BCUT2D eigenvalue weighted by Crippen LogP contribution is -2.34. The minimum atomic E-state index is -0.852. The standard InChI is InChI=1S/C10H16N4O3/c1-8(14-7-11-6-12-14)10(17)13(2)5-3-4-9(15)16/h6-8H,3-5H2,1-2H3,(H,15,16). The van der Waals surface area contributed by atoms with Crippen LogP contribution >= 0.6 is 0 Å². The fraction of sp³-hybridized carbons (Fsp3) is 0.600. The van der Waals surface area contributed by atoms with Gasteiger partial charge in [0.25, 0.3) is 0 Å². The summed E-state index contributed by atoms with van der Waals surface area (Å²) in [6.45, 7) is 2.15. The van der Waals surface area contributed by atoms with Crippen molar-refractivity contribution in [3.63, 3.8) is 0 Å². The monoisotopic (exact) mass is 240 g/mol. The van der Waals surface area contributed by atoms with Crippen LogP contribution in [0.25, 0.3) is 0 Å². The van der Waals surface area contributed by atoms with Gasteiger partial charge in [-0.25, -0.2) is 9.67 Å². The van der Waals surface area contributed by atoms with Crippen LogP contribution in [-0.2, 0) is 9.59 Å². The molecule has 1 heterocycles. The first kappa shape index (κ1) is 13.1. The zero-order chi connectivity index (χ0) is 12.8. The van der Waals surface area contributed by atoms with Gasteiger partial charge in [-0.3, -0.25) is 9.59 Å². The number of aromatic nitrogens is 3. The van der Waals surface area contributed by atoms with Crippen molar-refractivity contribution in [1.82, 2.24) is 19.7 Å². The first-order valence-electron chi connectivity index (χ1n) is 5.33. The molecule has 0 aromatic carbocycles. The number of nitrogens with zero attached hydrogens (tertiary/aromatic N) is 4. The van der Waals surface area contributed by atoms with Crippen LogP contribution in [-0.4, -0.2) is 50.2 Å². The average Bonchev–Trinajstić information content (AvgIpc) is 2.79. The van der Waals surface area contributed by atoms with Crippen molar-refractivity contribution in [1.29, 1.82) is 0 Å². The van der Waals surface area contributed by atoms with Crippen molar-refractivity contribution in [2.45, 2.75) is 25.8 Å². The fourth-order valence-electron chi connectivity index (χ4n) is 1.43. The molecule has 1 aromatic rings. The highest BCUT2D eigenvalue weighted by Crippen LogP contribution is 2.07. The number of hydrogen-bond donors (Lipinski definition) is 1. The van der Waals surface area contributed by atoms with Crippen molar-refractivity contribution in [3.05, 3.63) is 12.7 Å². The largest absolute Gasteiger partial charge is 0.481 e. The topological polar surface area (TPSA) is 88.3 Å². The van der Waals surface area contributed by atoms with Gasteiger partial charge >= 0.3 is 5.97 Å². The Labute approximate surface area is 99.1 Å². The fourth-order valence-corrected chi connectivity index (χ4v) is 1.43. The average molecular weight is 240 g/mol. The summed E-state index contributed by atoms with van der Waals surface area (Å²) >= 11 is 0. The Morgan fingerprint density at radius 2 is 2.24 bits per heavy atom. The van der Waals surface area contributed by atoms with Gasteiger partial charge in [0.2, 0.25) is 5.91 Å². The van der Waals surface area contributed by atoms with Crippen molar-refractivity contribution in [3.8, 4) is 0 Å². The number of hydrogen-bond acceptors (Lipinski definition) is 4. The molecule has 0 aliphatic rings. The zero-order valence-corrected chi connectivity index (χ0v) is 9.91. The Bertz CT molecular complexity index is 377. The molecule has 0 fully saturated rings. The lowest BCUT2D eigenvalue weighted by Gasteiger charge is -2.20. The highest BCUT2D eigenvalue weighted by molar-refractivity contribution is 5.79. The lowest BCUT2D eigenvalue weighted by atomic mass is 10.2. The molecule has 1 N–H and O–H groups in total. The van der Waals surface area contributed by atoms with Crippen molar-refractivity contribution in [2.24, 2.45) is 0 Å². The molecule has 0 aliphatic heterocycles. The van der Waals surface area contributed by atoms with E-state index in [4.69, 9.17) is 5.11 Å². The number of carbonyl (C=O) groups excluding carboxylic acids is 1. The number of amides is 1. The molecule has 7 heteroatoms. The molecular weight excluding hydrogens is 224 g/mol. The Balaban J connectivity index is 2.43. The van der Waals surface area contributed by atoms with Gasteiger partial charge in [-0.05, 0) is 13.3 Å². The normalized spacial score (nSPS) is 12.1. The molecule has 1 atom stereocenters. The van der Waals surface area contributed by atoms with E-state index in [9.17, 15) is 9.59 Å². The third-order valence-electron chi connectivity index (χ3n) is 2.45. The summed E-state index contributed by atoms with van der Waals surface area (Å²) in [7, 11) is 1.65. The number of carboxylic acids is 1. The van der Waals surface area contributed by atoms with E-state index in [0.717, 1.165) is 0 Å². The predicted octanol–water partition coefficient (Wildman–Crippen LogP) is 0.162. The van der Waals surface area contributed by atoms with Gasteiger partial charge < -0.3 is 10.0 Å². The zero-order valence-electron chi connectivity index (χ0n) is 9.91. The van der Waals surface area contributed by atoms with Gasteiger partial charge in [-0.2, -0.15) is 5.10 Å². The molecule has 0 bridgehead atoms. The lowest BCUT2D eigenvalue weighted by molar-refractivity contribution is -0.138. The quantitative estimate of drug-likeness (QED) is 0.765. The maximum Gasteiger partial charge on any atom is 0.303 e. The van der Waals surface area contributed by atoms with Crippen LogP contribution in [0.15, 0.2) is 12.7 Å². The number of likely N-dealkylation sites (N-methyl/N-ethyl adjacent to an activating group) is 1. The van der Waals surface area contributed by atoms with Gasteiger partial charge in [-0.1, -0.05) is 0 Å². The van der Waals surface area contributed by atoms with Gasteiger partial charge in [0.1, 0.15) is 18.7 Å². The van der Waals surface area contributed by atoms with Crippen LogP contribution in [0.3, 0.4) is 0 Å². The molecule has 0 spiro atoms. The van der Waals surface area contributed by atoms with E-state index in [2.05, 4.69) is 10.1 Å². The number of rotatable bonds is 6. The van der Waals surface area contributed by atoms with Crippen LogP contribution in [0.2, 0.25) is 0 Å². The Hall–Kier alpha value is -1.92. The smallest absolute Gasteiger partial charge is 0.303 e. The summed E-state index contributed by atoms with van der Waals surface area (Å²) in [5.41, 5.74) is 0. The third-order valence-corrected chi connectivity index (χ3v) is 2.45. The van der Waals surface area contributed by atoms with Crippen LogP contribution < -0.4 is 0 Å². The van der Waals surface area contributed by atoms with Crippen LogP contribution in [0, 0.1) is 0 Å². The van der Waals surface area contributed by atoms with Crippen LogP contribution in [0.1, 0.15) is 25.8 Å². The molecule has 7 nitrogen and oxygen atoms in total. The minimum absolute atomic E-state index is 0.0648. The van der Waals surface area contributed by atoms with E-state index >= 15 is 0 Å². The van der Waals surface area contributed by atoms with E-state index in [0.29, 0.717) is 13.0 Å². The van der Waals surface area contributed by atoms with Crippen LogP contribution in [0.4, 0.5) is 0 Å². The molecule has 0 saturated heterocycles. The molecule has 1 amide bonds. The molecule has 94 valence electrons. The number of carbonyl (C=O) groups is 2. The van der Waals surface area contributed by atoms with Gasteiger partial charge in [0, 0.05) is 20.0 Å². The maximum absolute atomic E-state index is 11.9. The number of carboxylic acid groups (broad SMARTS) is 1. The molecule has 0 radical (unpaired) electrons. The Kier molecular flexibility index (Phi) is 4.62. The summed E-state index contributed by atoms with van der Waals surface area (Å²) in [5.74, 6) is -0.962. The molecule has 0 saturated carbocycles. The van der Waals surface area contributed by atoms with E-state index < -0.39 is 12.0 Å². The molecule has 1 rings (SSSR count). The van der Waals surface area contributed by atoms with E-state index in [1.807, 2.05) is 0 Å². The van der Waals surface area contributed by atoms with Crippen molar-refractivity contribution < 1.29 is 14.7 Å². The second-order valence-electron chi connectivity index (χ2n) is 3.81. The second-order valence-corrected chi connectivity index (χ2v) is 3.81. The van der Waals surface area contributed by atoms with Gasteiger partial charge in [-0.15, -0.1) is 0 Å². The SMILES string of the molecule is CC(C(=O)N(C)CCCC(=O)O)n1cncn1. The number of aliphatic carboxylic acids is 1. The summed E-state index contributed by atoms with van der Waals surface area (Å²) < 4.78 is 1.47. The van der Waals surface area contributed by atoms with Crippen molar-refractivity contribution in [2.75, 3.05) is 13.6 Å². The second kappa shape index (κ2) is 5.97. The van der Waals surface area contributed by atoms with Crippen molar-refractivity contribution >= 4 is 11.9 Å². The first-order valence-corrected chi connectivity index (χ1v) is 5.33. The van der Waals surface area contributed by atoms with Gasteiger partial charge in [0.15, 0.2) is 0 Å². The maximum atomic E-state index is 11.9. The Morgan fingerprint density at radius 3 is 2.76 bits per heavy atom. The molecule has 1 unspecified atom stereocenters. The van der Waals surface area contributed by atoms with E-state index in [1.165, 1.54) is 22.2 Å². The van der Waals surface area contributed by atoms with Gasteiger partial charge in [0.05, 0.1) is 0 Å². The molecule has 1 aromatic heterocycles. The summed E-state index contributed by atoms with van der Waals surface area (Å²) in [5, 5.41) is 12.4. The van der Waals surface area contributed by atoms with E-state index in [1.54, 1.807) is 14.0 Å². The van der Waals surface area contributed by atoms with E-state index in [-0.39, 0.29) is 12.3 Å².